The Morgan fingerprint density at radius 3 is 0.594 bits per heavy atom. The topological polar surface area (TPSA) is 179 Å². The highest BCUT2D eigenvalue weighted by Gasteiger charge is 2.41. The molecule has 0 spiro atoms. The monoisotopic (exact) mass is 1460 g/mol. The average molecular weight is 1470 g/mol. The van der Waals surface area contributed by atoms with Gasteiger partial charge in [0.15, 0.2) is 33.3 Å². The van der Waals surface area contributed by atoms with Crippen LogP contribution < -0.4 is 18.9 Å². The van der Waals surface area contributed by atoms with E-state index in [0.29, 0.717) is 48.7 Å². The molecule has 1 aliphatic carbocycles. The predicted octanol–water partition coefficient (Wildman–Crippen LogP) is 18.2. The van der Waals surface area contributed by atoms with Crippen molar-refractivity contribution in [1.82, 2.24) is 0 Å². The van der Waals surface area contributed by atoms with Crippen LogP contribution in [0.5, 0.6) is 23.0 Å². The third kappa shape index (κ3) is 24.9. The van der Waals surface area contributed by atoms with Crippen LogP contribution in [0.25, 0.3) is 0 Å². The highest BCUT2D eigenvalue weighted by molar-refractivity contribution is 6.75. The number of rotatable bonds is 32. The molecular weight excluding hydrogens is 1340 g/mol. The predicted molar refractivity (Wildman–Crippen MR) is 418 cm³/mol. The first-order chi connectivity index (χ1) is 46.0. The van der Waals surface area contributed by atoms with Gasteiger partial charge in [0.05, 0.1) is 48.7 Å². The van der Waals surface area contributed by atoms with Crippen LogP contribution in [-0.2, 0) is 81.5 Å². The Morgan fingerprint density at radius 1 is 0.307 bits per heavy atom. The third-order valence-corrected chi connectivity index (χ3v) is 38.0. The summed E-state index contributed by atoms with van der Waals surface area (Å²) in [6, 6.07) is 16.8. The van der Waals surface area contributed by atoms with Gasteiger partial charge in [-0.15, -0.1) is 0 Å². The van der Waals surface area contributed by atoms with Gasteiger partial charge in [0.2, 0.25) is 0 Å². The zero-order valence-corrected chi connectivity index (χ0v) is 69.3. The number of ether oxygens (including phenoxy) is 8. The summed E-state index contributed by atoms with van der Waals surface area (Å²) >= 11 is 0. The van der Waals surface area contributed by atoms with Gasteiger partial charge in [-0.3, -0.25) is 0 Å². The Hall–Kier alpha value is -6.37. The van der Waals surface area contributed by atoms with Crippen molar-refractivity contribution < 1.29 is 74.8 Å². The zero-order chi connectivity index (χ0) is 75.3. The zero-order valence-electron chi connectivity index (χ0n) is 65.3. The van der Waals surface area contributed by atoms with Crippen molar-refractivity contribution in [3.8, 4) is 23.0 Å². The molecule has 20 heteroatoms. The van der Waals surface area contributed by atoms with Crippen LogP contribution in [0.4, 0.5) is 0 Å². The van der Waals surface area contributed by atoms with Crippen LogP contribution in [0, 0.1) is 27.7 Å². The lowest BCUT2D eigenvalue weighted by molar-refractivity contribution is -0.141. The molecule has 0 atom stereocenters. The molecule has 0 fully saturated rings. The minimum Gasteiger partial charge on any atom is -0.489 e. The van der Waals surface area contributed by atoms with Gasteiger partial charge < -0.3 is 55.6 Å². The number of aryl methyl sites for hydroxylation is 4. The standard InChI is InChI=1S/C80H120O16Si4.CH4/c1-53-37-61-45-63-39-54(2)41-65(70(63)86-30-34-90-74(82)58(6)50-94-98(23,24)78(12,13)14)47-67-43-56(4)44-68(72(67)88-32-36-92-76(84)60(8)52-96-100(27,28)80(18,19)20)48-66-42-55(3)40-64(71(66)87-31-35-91-75(83)59(7)51-95-99(25,26)79(15,16)17)46-62(38-53)69(61)85-29-33-89-73(81)57(5)49-93-97(21,22)77(9,10)11;/h37-44H,5-8,29-36,45-52H2,1-4,9-28H3;1H4. The fourth-order valence-electron chi connectivity index (χ4n) is 10.0. The SMILES string of the molecule is C.C=C(CO[Si](C)(C)C(C)(C)C)C(=O)OCCOc1c2cc(C)cc1Cc1cc(C)cc(c1OCCOC(=O)C(=C)CO[Si](C)(C)C(C)(C)C)Cc1cc(C)cc(c1OCCOC(=O)C(=C)CO[Si](C)(C)C(C)(C)C)Cc1cc(C)cc(c1OCCOC(=O)C(=C)CO[Si](C)(C)C(C)(C)C)C2. The van der Waals surface area contributed by atoms with Gasteiger partial charge in [0.1, 0.15) is 75.9 Å². The van der Waals surface area contributed by atoms with Crippen LogP contribution >= 0.6 is 0 Å². The van der Waals surface area contributed by atoms with Crippen molar-refractivity contribution in [3.63, 3.8) is 0 Å². The highest BCUT2D eigenvalue weighted by atomic mass is 28.4. The number of esters is 4. The Balaban J connectivity index is 0.0000216. The number of carbonyl (C=O) groups excluding carboxylic acids is 4. The first-order valence-electron chi connectivity index (χ1n) is 35.0. The number of hydrogen-bond donors (Lipinski definition) is 0. The van der Waals surface area contributed by atoms with Crippen molar-refractivity contribution in [2.75, 3.05) is 79.3 Å². The maximum Gasteiger partial charge on any atom is 0.335 e. The summed E-state index contributed by atoms with van der Waals surface area (Å²) < 4.78 is 76.3. The molecule has 4 aromatic rings. The molecule has 0 aromatic heterocycles. The molecular formula is C81H124O16Si4. The van der Waals surface area contributed by atoms with E-state index in [1.54, 1.807) is 0 Å². The third-order valence-electron chi connectivity index (χ3n) is 20.1. The van der Waals surface area contributed by atoms with Crippen molar-refractivity contribution in [2.24, 2.45) is 0 Å². The van der Waals surface area contributed by atoms with Crippen molar-refractivity contribution in [2.45, 2.75) is 216 Å². The van der Waals surface area contributed by atoms with E-state index in [0.717, 1.165) is 66.8 Å². The minimum absolute atomic E-state index is 0. The Bertz CT molecular complexity index is 3060. The maximum absolute atomic E-state index is 13.5. The van der Waals surface area contributed by atoms with E-state index in [1.807, 2.05) is 27.7 Å². The van der Waals surface area contributed by atoms with Gasteiger partial charge in [-0.25, -0.2) is 19.2 Å². The second kappa shape index (κ2) is 35.9. The quantitative estimate of drug-likeness (QED) is 0.0130. The van der Waals surface area contributed by atoms with Crippen LogP contribution in [0.15, 0.2) is 97.1 Å². The summed E-state index contributed by atoms with van der Waals surface area (Å²) in [6.07, 6.45) is 1.27. The molecule has 560 valence electrons. The molecule has 1 aliphatic rings. The van der Waals surface area contributed by atoms with Gasteiger partial charge in [0, 0.05) is 25.7 Å². The molecule has 0 amide bonds. The van der Waals surface area contributed by atoms with Crippen molar-refractivity contribution in [3.05, 3.63) is 164 Å². The largest absolute Gasteiger partial charge is 0.489 e. The molecule has 0 heterocycles. The minimum atomic E-state index is -2.20. The van der Waals surface area contributed by atoms with Gasteiger partial charge in [0.25, 0.3) is 0 Å². The van der Waals surface area contributed by atoms with E-state index in [2.05, 4.69) is 210 Å². The second-order valence-electron chi connectivity index (χ2n) is 32.9. The Labute approximate surface area is 611 Å². The molecule has 0 saturated heterocycles. The van der Waals surface area contributed by atoms with E-state index < -0.39 is 57.1 Å². The molecule has 4 aromatic carbocycles. The number of hydrogen-bond acceptors (Lipinski definition) is 16. The molecule has 101 heavy (non-hydrogen) atoms. The van der Waals surface area contributed by atoms with Crippen molar-refractivity contribution >= 4 is 57.1 Å². The van der Waals surface area contributed by atoms with Gasteiger partial charge in [-0.2, -0.15) is 0 Å². The van der Waals surface area contributed by atoms with Gasteiger partial charge in [-0.1, -0.05) is 188 Å². The summed E-state index contributed by atoms with van der Waals surface area (Å²) in [5.41, 5.74) is 11.4. The van der Waals surface area contributed by atoms with Crippen LogP contribution in [-0.4, -0.2) is 136 Å². The van der Waals surface area contributed by atoms with E-state index in [1.165, 1.54) is 0 Å². The normalized spacial score (nSPS) is 13.1. The first kappa shape index (κ1) is 87.0. The Kier molecular flexibility index (Phi) is 30.9. The smallest absolute Gasteiger partial charge is 0.335 e. The van der Waals surface area contributed by atoms with E-state index >= 15 is 0 Å². The number of benzene rings is 4. The van der Waals surface area contributed by atoms with Crippen LogP contribution in [0.1, 0.15) is 157 Å². The van der Waals surface area contributed by atoms with E-state index in [4.69, 9.17) is 55.6 Å². The molecule has 8 bridgehead atoms. The lowest BCUT2D eigenvalue weighted by Gasteiger charge is -2.36. The lowest BCUT2D eigenvalue weighted by atomic mass is 9.88. The van der Waals surface area contributed by atoms with Crippen LogP contribution in [0.2, 0.25) is 72.5 Å². The fourth-order valence-corrected chi connectivity index (χ4v) is 13.9. The molecule has 0 unspecified atom stereocenters. The van der Waals surface area contributed by atoms with Gasteiger partial charge in [-0.05, 0) is 145 Å². The second-order valence-corrected chi connectivity index (χ2v) is 52.1. The van der Waals surface area contributed by atoms with E-state index in [9.17, 15) is 19.2 Å². The number of fused-ring (bicyclic) bond motifs is 8. The van der Waals surface area contributed by atoms with Gasteiger partial charge >= 0.3 is 23.9 Å². The summed E-state index contributed by atoms with van der Waals surface area (Å²) in [5.74, 6) is 0.0646. The molecule has 0 aliphatic heterocycles. The first-order valence-corrected chi connectivity index (χ1v) is 46.6. The number of carbonyl (C=O) groups is 4. The van der Waals surface area contributed by atoms with Crippen LogP contribution in [0.3, 0.4) is 0 Å². The summed E-state index contributed by atoms with van der Waals surface area (Å²) in [4.78, 5) is 54.1. The molecule has 0 N–H and O–H groups in total. The molecule has 0 saturated carbocycles. The Morgan fingerprint density at radius 2 is 0.455 bits per heavy atom. The maximum atomic E-state index is 13.5. The summed E-state index contributed by atoms with van der Waals surface area (Å²) in [7, 11) is -8.79. The summed E-state index contributed by atoms with van der Waals surface area (Å²) in [6.45, 7) is 66.9. The fraction of sp³-hybridized carbons (Fsp3) is 0.556. The molecule has 0 radical (unpaired) electrons. The van der Waals surface area contributed by atoms with E-state index in [-0.39, 0.29) is 129 Å². The van der Waals surface area contributed by atoms with Crippen molar-refractivity contribution in [1.29, 1.82) is 0 Å². The molecule has 16 nitrogen and oxygen atoms in total. The molecule has 5 rings (SSSR count). The lowest BCUT2D eigenvalue weighted by Crippen LogP contribution is -2.41. The average Bonchev–Trinajstić information content (AvgIpc) is 0.778. The highest BCUT2D eigenvalue weighted by Crippen LogP contribution is 2.43. The summed E-state index contributed by atoms with van der Waals surface area (Å²) in [5, 5.41) is -0.267.